The van der Waals surface area contributed by atoms with Crippen molar-refractivity contribution in [3.63, 3.8) is 0 Å². The van der Waals surface area contributed by atoms with Crippen LogP contribution >= 0.6 is 12.6 Å². The van der Waals surface area contributed by atoms with Gasteiger partial charge in [0.1, 0.15) is 5.75 Å². The van der Waals surface area contributed by atoms with E-state index in [0.717, 1.165) is 17.0 Å². The lowest BCUT2D eigenvalue weighted by Crippen LogP contribution is -2.13. The molecule has 1 aromatic heterocycles. The number of thiol groups is 1. The van der Waals surface area contributed by atoms with Crippen LogP contribution in [-0.4, -0.2) is 16.8 Å². The first-order chi connectivity index (χ1) is 8.74. The third kappa shape index (κ3) is 2.73. The van der Waals surface area contributed by atoms with Gasteiger partial charge in [0, 0.05) is 16.9 Å². The maximum atomic E-state index is 11.4. The summed E-state index contributed by atoms with van der Waals surface area (Å²) in [6.07, 6.45) is 0. The van der Waals surface area contributed by atoms with Gasteiger partial charge in [0.2, 0.25) is 0 Å². The fraction of sp³-hybridized carbons (Fsp3) is 0.231. The zero-order valence-corrected chi connectivity index (χ0v) is 10.9. The van der Waals surface area contributed by atoms with Crippen LogP contribution < -0.4 is 10.3 Å². The lowest BCUT2D eigenvalue weighted by Gasteiger charge is -2.05. The van der Waals surface area contributed by atoms with Crippen LogP contribution in [-0.2, 0) is 5.75 Å². The Kier molecular flexibility index (Phi) is 4.04. The minimum absolute atomic E-state index is 0.195. The monoisotopic (exact) mass is 262 g/mol. The Labute approximate surface area is 110 Å². The molecule has 5 heteroatoms. The summed E-state index contributed by atoms with van der Waals surface area (Å²) in [5.41, 5.74) is 2.07. The van der Waals surface area contributed by atoms with Gasteiger partial charge < -0.3 is 4.74 Å². The lowest BCUT2D eigenvalue weighted by molar-refractivity contribution is 0.340. The smallest absolute Gasteiger partial charge is 0.268 e. The van der Waals surface area contributed by atoms with Crippen molar-refractivity contribution in [3.8, 4) is 17.0 Å². The van der Waals surface area contributed by atoms with E-state index in [-0.39, 0.29) is 5.56 Å². The van der Waals surface area contributed by atoms with Gasteiger partial charge in [-0.15, -0.1) is 0 Å². The predicted molar refractivity (Wildman–Crippen MR) is 74.2 cm³/mol. The molecule has 0 aliphatic rings. The molecule has 0 atom stereocenters. The van der Waals surface area contributed by atoms with Crippen molar-refractivity contribution in [2.75, 3.05) is 6.61 Å². The van der Waals surface area contributed by atoms with Gasteiger partial charge in [0.05, 0.1) is 12.3 Å². The van der Waals surface area contributed by atoms with Crippen LogP contribution in [0.3, 0.4) is 0 Å². The van der Waals surface area contributed by atoms with E-state index >= 15 is 0 Å². The Morgan fingerprint density at radius 2 is 2.06 bits per heavy atom. The standard InChI is InChI=1S/C13H14N2O2S/c1-2-17-11-5-3-9(4-6-11)12-7-10(8-18)13(16)15-14-12/h3-7,18H,2,8H2,1H3,(H,15,16). The average molecular weight is 262 g/mol. The Morgan fingerprint density at radius 1 is 1.33 bits per heavy atom. The third-order valence-electron chi connectivity index (χ3n) is 2.51. The van der Waals surface area contributed by atoms with Crippen molar-refractivity contribution in [1.29, 1.82) is 0 Å². The first-order valence-corrected chi connectivity index (χ1v) is 6.30. The summed E-state index contributed by atoms with van der Waals surface area (Å²) in [6, 6.07) is 9.33. The van der Waals surface area contributed by atoms with Gasteiger partial charge in [0.15, 0.2) is 0 Å². The van der Waals surface area contributed by atoms with E-state index in [0.29, 0.717) is 17.9 Å². The minimum atomic E-state index is -0.195. The molecule has 0 unspecified atom stereocenters. The van der Waals surface area contributed by atoms with Crippen LogP contribution in [0.5, 0.6) is 5.75 Å². The van der Waals surface area contributed by atoms with Crippen molar-refractivity contribution in [1.82, 2.24) is 10.2 Å². The van der Waals surface area contributed by atoms with E-state index in [1.54, 1.807) is 6.07 Å². The number of benzene rings is 1. The molecule has 2 aromatic rings. The largest absolute Gasteiger partial charge is 0.494 e. The molecule has 4 nitrogen and oxygen atoms in total. The molecule has 2 rings (SSSR count). The van der Waals surface area contributed by atoms with Gasteiger partial charge in [-0.1, -0.05) is 0 Å². The van der Waals surface area contributed by atoms with E-state index in [2.05, 4.69) is 22.8 Å². The molecular weight excluding hydrogens is 248 g/mol. The van der Waals surface area contributed by atoms with E-state index in [4.69, 9.17) is 4.74 Å². The molecule has 1 N–H and O–H groups in total. The van der Waals surface area contributed by atoms with Gasteiger partial charge in [0.25, 0.3) is 5.56 Å². The van der Waals surface area contributed by atoms with Crippen molar-refractivity contribution in [2.24, 2.45) is 0 Å². The molecule has 18 heavy (non-hydrogen) atoms. The summed E-state index contributed by atoms with van der Waals surface area (Å²) in [5, 5.41) is 6.49. The average Bonchev–Trinajstić information content (AvgIpc) is 2.41. The molecule has 1 heterocycles. The number of nitrogens with one attached hydrogen (secondary N) is 1. The SMILES string of the molecule is CCOc1ccc(-c2cc(CS)c(=O)[nH]n2)cc1. The molecular formula is C13H14N2O2S. The number of ether oxygens (including phenoxy) is 1. The fourth-order valence-electron chi connectivity index (χ4n) is 1.60. The maximum absolute atomic E-state index is 11.4. The lowest BCUT2D eigenvalue weighted by atomic mass is 10.1. The number of H-pyrrole nitrogens is 1. The topological polar surface area (TPSA) is 55.0 Å². The van der Waals surface area contributed by atoms with Crippen LogP contribution in [0.1, 0.15) is 12.5 Å². The summed E-state index contributed by atoms with van der Waals surface area (Å²) in [6.45, 7) is 2.58. The second kappa shape index (κ2) is 5.73. The van der Waals surface area contributed by atoms with Gasteiger partial charge in [-0.2, -0.15) is 17.7 Å². The molecule has 0 aliphatic carbocycles. The highest BCUT2D eigenvalue weighted by Crippen LogP contribution is 2.20. The molecule has 0 bridgehead atoms. The number of hydrogen-bond donors (Lipinski definition) is 2. The van der Waals surface area contributed by atoms with Crippen molar-refractivity contribution < 1.29 is 4.74 Å². The van der Waals surface area contributed by atoms with Crippen LogP contribution in [0.2, 0.25) is 0 Å². The molecule has 0 saturated carbocycles. The molecule has 0 spiro atoms. The van der Waals surface area contributed by atoms with Crippen LogP contribution in [0.25, 0.3) is 11.3 Å². The van der Waals surface area contributed by atoms with Gasteiger partial charge in [-0.25, -0.2) is 5.10 Å². The molecule has 0 amide bonds. The number of rotatable bonds is 4. The van der Waals surface area contributed by atoms with E-state index in [1.807, 2.05) is 31.2 Å². The van der Waals surface area contributed by atoms with Crippen LogP contribution in [0, 0.1) is 0 Å². The Balaban J connectivity index is 2.33. The highest BCUT2D eigenvalue weighted by atomic mass is 32.1. The van der Waals surface area contributed by atoms with Crippen molar-refractivity contribution in [3.05, 3.63) is 46.2 Å². The Bertz CT molecular complexity index is 578. The second-order valence-corrected chi connectivity index (χ2v) is 4.04. The normalized spacial score (nSPS) is 10.3. The molecule has 0 saturated heterocycles. The molecule has 0 fully saturated rings. The molecule has 1 aromatic carbocycles. The van der Waals surface area contributed by atoms with Crippen molar-refractivity contribution >= 4 is 12.6 Å². The Morgan fingerprint density at radius 3 is 2.67 bits per heavy atom. The first kappa shape index (κ1) is 12.7. The molecule has 0 aliphatic heterocycles. The van der Waals surface area contributed by atoms with E-state index < -0.39 is 0 Å². The molecule has 94 valence electrons. The van der Waals surface area contributed by atoms with Crippen LogP contribution in [0.4, 0.5) is 0 Å². The van der Waals surface area contributed by atoms with Crippen molar-refractivity contribution in [2.45, 2.75) is 12.7 Å². The summed E-state index contributed by atoms with van der Waals surface area (Å²) >= 11 is 4.12. The zero-order valence-electron chi connectivity index (χ0n) is 10.0. The molecule has 0 radical (unpaired) electrons. The minimum Gasteiger partial charge on any atom is -0.494 e. The predicted octanol–water partition coefficient (Wildman–Crippen LogP) is 2.27. The maximum Gasteiger partial charge on any atom is 0.268 e. The Hall–Kier alpha value is -1.75. The summed E-state index contributed by atoms with van der Waals surface area (Å²) in [5.74, 6) is 1.21. The summed E-state index contributed by atoms with van der Waals surface area (Å²) in [7, 11) is 0. The second-order valence-electron chi connectivity index (χ2n) is 3.72. The number of hydrogen-bond acceptors (Lipinski definition) is 4. The zero-order chi connectivity index (χ0) is 13.0. The van der Waals surface area contributed by atoms with Gasteiger partial charge in [-0.3, -0.25) is 4.79 Å². The third-order valence-corrected chi connectivity index (χ3v) is 2.85. The highest BCUT2D eigenvalue weighted by Gasteiger charge is 2.04. The van der Waals surface area contributed by atoms with E-state index in [9.17, 15) is 4.79 Å². The number of aromatic nitrogens is 2. The van der Waals surface area contributed by atoms with Gasteiger partial charge >= 0.3 is 0 Å². The fourth-order valence-corrected chi connectivity index (χ4v) is 1.83. The summed E-state index contributed by atoms with van der Waals surface area (Å²) < 4.78 is 5.37. The van der Waals surface area contributed by atoms with E-state index in [1.165, 1.54) is 0 Å². The van der Waals surface area contributed by atoms with Gasteiger partial charge in [-0.05, 0) is 37.3 Å². The summed E-state index contributed by atoms with van der Waals surface area (Å²) in [4.78, 5) is 11.4. The quantitative estimate of drug-likeness (QED) is 0.831. The number of nitrogens with zero attached hydrogens (tertiary/aromatic N) is 1. The number of aromatic amines is 1. The van der Waals surface area contributed by atoms with Crippen LogP contribution in [0.15, 0.2) is 35.1 Å². The first-order valence-electron chi connectivity index (χ1n) is 5.67. The highest BCUT2D eigenvalue weighted by molar-refractivity contribution is 7.79.